The molecule has 0 aliphatic rings. The molecule has 0 atom stereocenters. The fourth-order valence-electron chi connectivity index (χ4n) is 2.09. The number of benzene rings is 2. The summed E-state index contributed by atoms with van der Waals surface area (Å²) >= 11 is 0. The normalized spacial score (nSPS) is 11.7. The van der Waals surface area contributed by atoms with Crippen LogP contribution in [0.25, 0.3) is 0 Å². The number of carbonyl (C=O) groups is 1. The summed E-state index contributed by atoms with van der Waals surface area (Å²) in [5, 5.41) is 2.69. The maximum atomic E-state index is 12.6. The third kappa shape index (κ3) is 5.47. The zero-order valence-electron chi connectivity index (χ0n) is 14.9. The molecule has 0 heterocycles. The van der Waals surface area contributed by atoms with Gasteiger partial charge in [-0.25, -0.2) is 8.42 Å². The van der Waals surface area contributed by atoms with E-state index >= 15 is 0 Å². The van der Waals surface area contributed by atoms with E-state index < -0.39 is 15.6 Å². The molecule has 2 rings (SSSR count). The molecule has 1 amide bonds. The zero-order valence-corrected chi connectivity index (χ0v) is 15.8. The number of rotatable bonds is 7. The van der Waals surface area contributed by atoms with Gasteiger partial charge < -0.3 is 15.8 Å². The van der Waals surface area contributed by atoms with E-state index in [9.17, 15) is 13.2 Å². The number of ether oxygens (including phenoxy) is 1. The van der Waals surface area contributed by atoms with E-state index in [1.54, 1.807) is 44.2 Å². The van der Waals surface area contributed by atoms with Gasteiger partial charge in [0.1, 0.15) is 5.75 Å². The Balaban J connectivity index is 2.17. The number of methoxy groups -OCH3 is 1. The lowest BCUT2D eigenvalue weighted by Crippen LogP contribution is -2.45. The first kappa shape index (κ1) is 19.7. The number of anilines is 1. The van der Waals surface area contributed by atoms with Crippen LogP contribution < -0.4 is 20.5 Å². The minimum atomic E-state index is -3.83. The minimum absolute atomic E-state index is 0.00650. The Kier molecular flexibility index (Phi) is 5.89. The topological polar surface area (TPSA) is 111 Å². The first-order chi connectivity index (χ1) is 12.1. The average molecular weight is 377 g/mol. The predicted molar refractivity (Wildman–Crippen MR) is 101 cm³/mol. The van der Waals surface area contributed by atoms with Crippen LogP contribution in [0.5, 0.6) is 5.75 Å². The Hall–Kier alpha value is -2.58. The van der Waals surface area contributed by atoms with E-state index in [-0.39, 0.29) is 22.9 Å². The molecule has 4 N–H and O–H groups in total. The molecule has 2 aromatic rings. The fraction of sp³-hybridized carbons (Fsp3) is 0.278. The molecule has 0 unspecified atom stereocenters. The Labute approximate surface area is 153 Å². The quantitative estimate of drug-likeness (QED) is 0.683. The van der Waals surface area contributed by atoms with Crippen LogP contribution in [-0.4, -0.2) is 33.5 Å². The number of nitrogens with one attached hydrogen (secondary N) is 2. The third-order valence-electron chi connectivity index (χ3n) is 3.45. The van der Waals surface area contributed by atoms with Crippen molar-refractivity contribution in [1.82, 2.24) is 5.32 Å². The molecule has 2 aromatic carbocycles. The number of nitrogens with two attached hydrogens (primary N) is 1. The van der Waals surface area contributed by atoms with Gasteiger partial charge in [-0.2, -0.15) is 0 Å². The van der Waals surface area contributed by atoms with E-state index in [0.29, 0.717) is 11.4 Å². The van der Waals surface area contributed by atoms with Gasteiger partial charge in [0.15, 0.2) is 0 Å². The number of hydrogen-bond donors (Lipinski definition) is 3. The molecule has 7 nitrogen and oxygen atoms in total. The van der Waals surface area contributed by atoms with Crippen molar-refractivity contribution < 1.29 is 17.9 Å². The first-order valence-electron chi connectivity index (χ1n) is 7.95. The number of sulfonamides is 1. The lowest BCUT2D eigenvalue weighted by atomic mass is 10.1. The molecule has 0 fully saturated rings. The van der Waals surface area contributed by atoms with Crippen LogP contribution in [-0.2, 0) is 10.0 Å². The van der Waals surface area contributed by atoms with Crippen molar-refractivity contribution >= 4 is 21.6 Å². The van der Waals surface area contributed by atoms with Crippen molar-refractivity contribution in [3.8, 4) is 5.75 Å². The van der Waals surface area contributed by atoms with Crippen LogP contribution in [0, 0.1) is 0 Å². The molecular formula is C18H23N3O4S. The Morgan fingerprint density at radius 3 is 2.38 bits per heavy atom. The lowest BCUT2D eigenvalue weighted by Gasteiger charge is -2.19. The molecular weight excluding hydrogens is 354 g/mol. The van der Waals surface area contributed by atoms with Gasteiger partial charge in [-0.3, -0.25) is 9.52 Å². The van der Waals surface area contributed by atoms with E-state index in [2.05, 4.69) is 10.0 Å². The van der Waals surface area contributed by atoms with E-state index in [0.717, 1.165) is 0 Å². The summed E-state index contributed by atoms with van der Waals surface area (Å²) in [4.78, 5) is 12.2. The van der Waals surface area contributed by atoms with Gasteiger partial charge >= 0.3 is 0 Å². The smallest absolute Gasteiger partial charge is 0.261 e. The SMILES string of the molecule is COc1ccc(NS(=O)(=O)c2cccc(C(=O)NCC(C)(C)N)c2)cc1. The van der Waals surface area contributed by atoms with Gasteiger partial charge in [-0.1, -0.05) is 6.07 Å². The third-order valence-corrected chi connectivity index (χ3v) is 4.83. The first-order valence-corrected chi connectivity index (χ1v) is 9.43. The fourth-order valence-corrected chi connectivity index (χ4v) is 3.19. The molecule has 26 heavy (non-hydrogen) atoms. The van der Waals surface area contributed by atoms with E-state index in [1.165, 1.54) is 25.3 Å². The van der Waals surface area contributed by atoms with Crippen molar-refractivity contribution in [1.29, 1.82) is 0 Å². The Morgan fingerprint density at radius 2 is 1.81 bits per heavy atom. The van der Waals surface area contributed by atoms with Gasteiger partial charge in [0.05, 0.1) is 12.0 Å². The number of hydrogen-bond acceptors (Lipinski definition) is 5. The standard InChI is InChI=1S/C18H23N3O4S/c1-18(2,19)12-20-17(22)13-5-4-6-16(11-13)26(23,24)21-14-7-9-15(25-3)10-8-14/h4-11,21H,12,19H2,1-3H3,(H,20,22). The molecule has 140 valence electrons. The minimum Gasteiger partial charge on any atom is -0.497 e. The second kappa shape index (κ2) is 7.76. The van der Waals surface area contributed by atoms with Crippen LogP contribution in [0.3, 0.4) is 0 Å². The summed E-state index contributed by atoms with van der Waals surface area (Å²) in [5.74, 6) is 0.236. The number of carbonyl (C=O) groups excluding carboxylic acids is 1. The maximum absolute atomic E-state index is 12.6. The van der Waals surface area contributed by atoms with Crippen molar-refractivity contribution in [3.63, 3.8) is 0 Å². The number of amides is 1. The highest BCUT2D eigenvalue weighted by Gasteiger charge is 2.18. The second-order valence-corrected chi connectivity index (χ2v) is 8.22. The van der Waals surface area contributed by atoms with Gasteiger partial charge in [0.2, 0.25) is 0 Å². The van der Waals surface area contributed by atoms with Crippen molar-refractivity contribution in [2.75, 3.05) is 18.4 Å². The van der Waals surface area contributed by atoms with Crippen LogP contribution in [0.15, 0.2) is 53.4 Å². The molecule has 0 saturated carbocycles. The summed E-state index contributed by atoms with van der Waals surface area (Å²) < 4.78 is 32.6. The van der Waals surface area contributed by atoms with Crippen LogP contribution in [0.1, 0.15) is 24.2 Å². The highest BCUT2D eigenvalue weighted by Crippen LogP contribution is 2.20. The van der Waals surface area contributed by atoms with Crippen LogP contribution >= 0.6 is 0 Å². The Bertz CT molecular complexity index is 872. The zero-order chi connectivity index (χ0) is 19.4. The van der Waals surface area contributed by atoms with Crippen LogP contribution in [0.4, 0.5) is 5.69 Å². The summed E-state index contributed by atoms with van der Waals surface area (Å²) in [6.45, 7) is 3.84. The molecule has 0 bridgehead atoms. The monoisotopic (exact) mass is 377 g/mol. The van der Waals surface area contributed by atoms with Crippen molar-refractivity contribution in [2.24, 2.45) is 5.73 Å². The molecule has 0 aliphatic carbocycles. The molecule has 8 heteroatoms. The average Bonchev–Trinajstić information content (AvgIpc) is 2.59. The molecule has 0 spiro atoms. The predicted octanol–water partition coefficient (Wildman–Crippen LogP) is 1.96. The van der Waals surface area contributed by atoms with Gasteiger partial charge in [-0.05, 0) is 56.3 Å². The molecule has 0 aromatic heterocycles. The molecule has 0 saturated heterocycles. The summed E-state index contributed by atoms with van der Waals surface area (Å²) in [6.07, 6.45) is 0. The largest absolute Gasteiger partial charge is 0.497 e. The second-order valence-electron chi connectivity index (χ2n) is 6.53. The molecule has 0 aliphatic heterocycles. The summed E-state index contributed by atoms with van der Waals surface area (Å²) in [5.41, 5.74) is 5.91. The van der Waals surface area contributed by atoms with E-state index in [1.807, 2.05) is 0 Å². The summed E-state index contributed by atoms with van der Waals surface area (Å²) in [7, 11) is -2.30. The Morgan fingerprint density at radius 1 is 1.15 bits per heavy atom. The van der Waals surface area contributed by atoms with Gasteiger partial charge in [0.25, 0.3) is 15.9 Å². The molecule has 0 radical (unpaired) electrons. The maximum Gasteiger partial charge on any atom is 0.261 e. The summed E-state index contributed by atoms with van der Waals surface area (Å²) in [6, 6.07) is 12.3. The highest BCUT2D eigenvalue weighted by molar-refractivity contribution is 7.92. The van der Waals surface area contributed by atoms with Crippen LogP contribution in [0.2, 0.25) is 0 Å². The van der Waals surface area contributed by atoms with Gasteiger partial charge in [-0.15, -0.1) is 0 Å². The van der Waals surface area contributed by atoms with E-state index in [4.69, 9.17) is 10.5 Å². The highest BCUT2D eigenvalue weighted by atomic mass is 32.2. The lowest BCUT2D eigenvalue weighted by molar-refractivity contribution is 0.0946. The van der Waals surface area contributed by atoms with Crippen molar-refractivity contribution in [3.05, 3.63) is 54.1 Å². The van der Waals surface area contributed by atoms with Gasteiger partial charge in [0, 0.05) is 23.3 Å². The van der Waals surface area contributed by atoms with Crippen molar-refractivity contribution in [2.45, 2.75) is 24.3 Å².